The molecule has 0 radical (unpaired) electrons. The third-order valence-electron chi connectivity index (χ3n) is 2.73. The van der Waals surface area contributed by atoms with Gasteiger partial charge in [0.25, 0.3) is 5.69 Å². The van der Waals surface area contributed by atoms with Gasteiger partial charge in [-0.1, -0.05) is 0 Å². The van der Waals surface area contributed by atoms with E-state index in [2.05, 4.69) is 25.6 Å². The number of hydrogen-bond acceptors (Lipinski definition) is 8. The molecule has 110 valence electrons. The van der Waals surface area contributed by atoms with Crippen LogP contribution in [0.15, 0.2) is 30.5 Å². The van der Waals surface area contributed by atoms with Gasteiger partial charge in [-0.25, -0.2) is 0 Å². The monoisotopic (exact) mass is 302 g/mol. The Morgan fingerprint density at radius 3 is 2.41 bits per heavy atom. The van der Waals surface area contributed by atoms with Gasteiger partial charge in [-0.15, -0.1) is 15.4 Å². The van der Waals surface area contributed by atoms with Gasteiger partial charge in [-0.3, -0.25) is 10.1 Å². The van der Waals surface area contributed by atoms with Gasteiger partial charge in [0.2, 0.25) is 5.69 Å². The number of nitrogens with one attached hydrogen (secondary N) is 1. The Hall–Kier alpha value is -3.70. The number of aromatic nitrogens is 6. The number of H-pyrrole nitrogens is 1. The summed E-state index contributed by atoms with van der Waals surface area (Å²) >= 11 is 0. The van der Waals surface area contributed by atoms with Gasteiger partial charge in [0, 0.05) is 12.1 Å². The maximum absolute atomic E-state index is 10.8. The highest BCUT2D eigenvalue weighted by atomic mass is 16.6. The number of nitro groups is 2. The third kappa shape index (κ3) is 2.24. The zero-order valence-electron chi connectivity index (χ0n) is 10.7. The quantitative estimate of drug-likeness (QED) is 0.548. The van der Waals surface area contributed by atoms with Crippen molar-refractivity contribution in [3.63, 3.8) is 0 Å². The van der Waals surface area contributed by atoms with Crippen molar-refractivity contribution in [2.24, 2.45) is 0 Å². The molecule has 0 aliphatic rings. The lowest BCUT2D eigenvalue weighted by Gasteiger charge is -1.98. The second-order valence-electron chi connectivity index (χ2n) is 4.05. The molecular formula is C10H6N8O4. The number of nitrogens with zero attached hydrogens (tertiary/aromatic N) is 7. The van der Waals surface area contributed by atoms with E-state index < -0.39 is 15.7 Å². The van der Waals surface area contributed by atoms with E-state index in [1.807, 2.05) is 0 Å². The summed E-state index contributed by atoms with van der Waals surface area (Å²) in [6, 6.07) is 5.52. The largest absolute Gasteiger partial charge is 0.419 e. The molecule has 0 aliphatic heterocycles. The summed E-state index contributed by atoms with van der Waals surface area (Å²) in [5.74, 6) is -0.462. The molecule has 0 atom stereocenters. The normalized spacial score (nSPS) is 10.5. The molecule has 0 saturated carbocycles. The van der Waals surface area contributed by atoms with E-state index in [1.165, 1.54) is 35.3 Å². The second-order valence-corrected chi connectivity index (χ2v) is 4.05. The van der Waals surface area contributed by atoms with E-state index in [9.17, 15) is 20.2 Å². The molecule has 1 aromatic carbocycles. The van der Waals surface area contributed by atoms with Crippen LogP contribution in [-0.2, 0) is 0 Å². The fourth-order valence-electron chi connectivity index (χ4n) is 1.73. The minimum Gasteiger partial charge on any atom is -0.358 e. The summed E-state index contributed by atoms with van der Waals surface area (Å²) < 4.78 is 0. The van der Waals surface area contributed by atoms with Gasteiger partial charge in [-0.05, 0) is 17.1 Å². The molecule has 3 aromatic rings. The van der Waals surface area contributed by atoms with E-state index >= 15 is 0 Å². The predicted molar refractivity (Wildman–Crippen MR) is 70.0 cm³/mol. The van der Waals surface area contributed by atoms with Crippen molar-refractivity contribution >= 4 is 11.5 Å². The summed E-state index contributed by atoms with van der Waals surface area (Å²) in [5.41, 5.74) is 0.503. The summed E-state index contributed by atoms with van der Waals surface area (Å²) in [6.45, 7) is 0. The van der Waals surface area contributed by atoms with Crippen LogP contribution in [0.2, 0.25) is 0 Å². The average molecular weight is 302 g/mol. The number of nitro benzene ring substituents is 1. The summed E-state index contributed by atoms with van der Waals surface area (Å²) in [7, 11) is 0. The molecule has 12 nitrogen and oxygen atoms in total. The highest BCUT2D eigenvalue weighted by Crippen LogP contribution is 2.23. The molecule has 0 saturated heterocycles. The number of hydrogen-bond donors (Lipinski definition) is 1. The first kappa shape index (κ1) is 13.3. The van der Waals surface area contributed by atoms with Crippen molar-refractivity contribution in [2.45, 2.75) is 0 Å². The fraction of sp³-hybridized carbons (Fsp3) is 0. The third-order valence-corrected chi connectivity index (χ3v) is 2.73. The first-order valence-corrected chi connectivity index (χ1v) is 5.79. The molecule has 0 amide bonds. The lowest BCUT2D eigenvalue weighted by atomic mass is 10.3. The molecule has 12 heteroatoms. The zero-order valence-corrected chi connectivity index (χ0v) is 10.7. The van der Waals surface area contributed by atoms with Crippen LogP contribution in [0.1, 0.15) is 0 Å². The summed E-state index contributed by atoms with van der Waals surface area (Å²) in [6.07, 6.45) is 1.28. The lowest BCUT2D eigenvalue weighted by Crippen LogP contribution is -1.99. The number of benzene rings is 1. The SMILES string of the molecule is O=[N+]([O-])c1ccc(-n2ncc(-c3n[nH]nc3[N+](=O)[O-])n2)cc1. The minimum absolute atomic E-state index is 0.0434. The van der Waals surface area contributed by atoms with Crippen LogP contribution >= 0.6 is 0 Å². The molecular weight excluding hydrogens is 296 g/mol. The maximum atomic E-state index is 10.8. The molecule has 0 unspecified atom stereocenters. The Labute approximate surface area is 120 Å². The molecule has 2 aromatic heterocycles. The van der Waals surface area contributed by atoms with Crippen molar-refractivity contribution in [3.8, 4) is 17.1 Å². The molecule has 0 fully saturated rings. The van der Waals surface area contributed by atoms with Crippen LogP contribution in [0.5, 0.6) is 0 Å². The molecule has 0 aliphatic carbocycles. The Kier molecular flexibility index (Phi) is 3.02. The van der Waals surface area contributed by atoms with Gasteiger partial charge in [-0.2, -0.15) is 9.90 Å². The van der Waals surface area contributed by atoms with Crippen LogP contribution in [0.3, 0.4) is 0 Å². The summed E-state index contributed by atoms with van der Waals surface area (Å²) in [4.78, 5) is 21.4. The lowest BCUT2D eigenvalue weighted by molar-refractivity contribution is -0.388. The van der Waals surface area contributed by atoms with Crippen LogP contribution < -0.4 is 0 Å². The van der Waals surface area contributed by atoms with E-state index in [0.29, 0.717) is 5.69 Å². The fourth-order valence-corrected chi connectivity index (χ4v) is 1.73. The van der Waals surface area contributed by atoms with Crippen LogP contribution in [0.25, 0.3) is 17.1 Å². The average Bonchev–Trinajstić information content (AvgIpc) is 3.16. The van der Waals surface area contributed by atoms with E-state index in [-0.39, 0.29) is 17.1 Å². The summed E-state index contributed by atoms with van der Waals surface area (Å²) in [5, 5.41) is 38.6. The van der Waals surface area contributed by atoms with Gasteiger partial charge in [0.1, 0.15) is 5.69 Å². The van der Waals surface area contributed by atoms with Crippen LogP contribution in [0.4, 0.5) is 11.5 Å². The molecule has 1 N–H and O–H groups in total. The van der Waals surface area contributed by atoms with Crippen LogP contribution in [-0.4, -0.2) is 40.3 Å². The molecule has 22 heavy (non-hydrogen) atoms. The number of aromatic amines is 1. The van der Waals surface area contributed by atoms with E-state index in [1.54, 1.807) is 0 Å². The van der Waals surface area contributed by atoms with Crippen molar-refractivity contribution in [3.05, 3.63) is 50.7 Å². The first-order valence-electron chi connectivity index (χ1n) is 5.79. The standard InChI is InChI=1S/C10H6N8O4/c19-17(20)7-3-1-6(2-4-7)16-11-5-8(14-16)9-10(18(21)22)13-15-12-9/h1-5H,(H,12,13,15). The number of rotatable bonds is 4. The highest BCUT2D eigenvalue weighted by Gasteiger charge is 2.23. The Balaban J connectivity index is 1.95. The van der Waals surface area contributed by atoms with Crippen molar-refractivity contribution in [1.29, 1.82) is 0 Å². The van der Waals surface area contributed by atoms with E-state index in [4.69, 9.17) is 0 Å². The van der Waals surface area contributed by atoms with Crippen molar-refractivity contribution < 1.29 is 9.85 Å². The topological polar surface area (TPSA) is 159 Å². The zero-order chi connectivity index (χ0) is 15.7. The first-order chi connectivity index (χ1) is 10.6. The highest BCUT2D eigenvalue weighted by molar-refractivity contribution is 5.61. The van der Waals surface area contributed by atoms with Crippen molar-refractivity contribution in [1.82, 2.24) is 30.4 Å². The minimum atomic E-state index is -0.691. The maximum Gasteiger partial charge on any atom is 0.419 e. The van der Waals surface area contributed by atoms with Crippen molar-refractivity contribution in [2.75, 3.05) is 0 Å². The smallest absolute Gasteiger partial charge is 0.358 e. The van der Waals surface area contributed by atoms with E-state index in [0.717, 1.165) is 0 Å². The van der Waals surface area contributed by atoms with Gasteiger partial charge < -0.3 is 10.1 Å². The predicted octanol–water partition coefficient (Wildman–Crippen LogP) is 0.869. The van der Waals surface area contributed by atoms with Gasteiger partial charge in [0.05, 0.1) is 21.9 Å². The Bertz CT molecular complexity index is 852. The Morgan fingerprint density at radius 1 is 1.05 bits per heavy atom. The van der Waals surface area contributed by atoms with Gasteiger partial charge >= 0.3 is 5.82 Å². The van der Waals surface area contributed by atoms with Crippen LogP contribution in [0, 0.1) is 20.2 Å². The molecule has 0 bridgehead atoms. The molecule has 2 heterocycles. The Morgan fingerprint density at radius 2 is 1.77 bits per heavy atom. The second kappa shape index (κ2) is 5.01. The number of non-ortho nitro benzene ring substituents is 1. The molecule has 0 spiro atoms. The molecule has 3 rings (SSSR count). The van der Waals surface area contributed by atoms with Gasteiger partial charge in [0.15, 0.2) is 0 Å².